The van der Waals surface area contributed by atoms with Gasteiger partial charge in [-0.25, -0.2) is 4.39 Å². The van der Waals surface area contributed by atoms with E-state index in [2.05, 4.69) is 20.8 Å². The molecule has 16 heavy (non-hydrogen) atoms. The van der Waals surface area contributed by atoms with Crippen molar-refractivity contribution in [2.24, 2.45) is 11.7 Å². The first-order valence-electron chi connectivity index (χ1n) is 5.64. The lowest BCUT2D eigenvalue weighted by molar-refractivity contribution is 0.587. The Kier molecular flexibility index (Phi) is 4.81. The van der Waals surface area contributed by atoms with Crippen LogP contribution in [0.4, 0.5) is 4.39 Å². The standard InChI is InChI=1S/C13H20FNS/c1-8(2)10(4)16-13-11(9(3)15)6-5-7-12(13)14/h5-10H,15H2,1-4H3/t9-,10?/m1/s1. The van der Waals surface area contributed by atoms with Crippen molar-refractivity contribution in [1.82, 2.24) is 0 Å². The van der Waals surface area contributed by atoms with Gasteiger partial charge in [0.05, 0.1) is 0 Å². The van der Waals surface area contributed by atoms with Crippen molar-refractivity contribution in [3.8, 4) is 0 Å². The highest BCUT2D eigenvalue weighted by molar-refractivity contribution is 8.00. The number of halogens is 1. The van der Waals surface area contributed by atoms with Crippen molar-refractivity contribution in [3.05, 3.63) is 29.6 Å². The normalized spacial score (nSPS) is 15.2. The summed E-state index contributed by atoms with van der Waals surface area (Å²) in [6.07, 6.45) is 0. The number of hydrogen-bond acceptors (Lipinski definition) is 2. The van der Waals surface area contributed by atoms with Gasteiger partial charge in [0, 0.05) is 16.2 Å². The molecule has 2 N–H and O–H groups in total. The third-order valence-corrected chi connectivity index (χ3v) is 4.31. The van der Waals surface area contributed by atoms with Crippen LogP contribution in [0.2, 0.25) is 0 Å². The van der Waals surface area contributed by atoms with Gasteiger partial charge in [0.15, 0.2) is 0 Å². The maximum atomic E-state index is 13.8. The molecule has 0 radical (unpaired) electrons. The van der Waals surface area contributed by atoms with Gasteiger partial charge in [-0.05, 0) is 24.5 Å². The fourth-order valence-corrected chi connectivity index (χ4v) is 2.54. The highest BCUT2D eigenvalue weighted by Gasteiger charge is 2.16. The van der Waals surface area contributed by atoms with Crippen molar-refractivity contribution in [3.63, 3.8) is 0 Å². The molecule has 0 saturated carbocycles. The first-order valence-corrected chi connectivity index (χ1v) is 6.52. The van der Waals surface area contributed by atoms with Crippen LogP contribution in [0.5, 0.6) is 0 Å². The Balaban J connectivity index is 3.01. The van der Waals surface area contributed by atoms with E-state index in [0.29, 0.717) is 16.1 Å². The molecule has 0 fully saturated rings. The maximum Gasteiger partial charge on any atom is 0.137 e. The summed E-state index contributed by atoms with van der Waals surface area (Å²) in [5.41, 5.74) is 6.76. The van der Waals surface area contributed by atoms with Crippen LogP contribution in [0, 0.1) is 11.7 Å². The molecule has 1 unspecified atom stereocenters. The van der Waals surface area contributed by atoms with Crippen LogP contribution in [0.3, 0.4) is 0 Å². The topological polar surface area (TPSA) is 26.0 Å². The van der Waals surface area contributed by atoms with Gasteiger partial charge in [-0.1, -0.05) is 32.9 Å². The predicted molar refractivity (Wildman–Crippen MR) is 69.2 cm³/mol. The van der Waals surface area contributed by atoms with Crippen molar-refractivity contribution in [2.75, 3.05) is 0 Å². The van der Waals surface area contributed by atoms with Crippen LogP contribution < -0.4 is 5.73 Å². The molecule has 0 bridgehead atoms. The van der Waals surface area contributed by atoms with Gasteiger partial charge in [0.2, 0.25) is 0 Å². The van der Waals surface area contributed by atoms with Gasteiger partial charge < -0.3 is 5.73 Å². The Morgan fingerprint density at radius 2 is 1.81 bits per heavy atom. The molecule has 0 spiro atoms. The molecule has 0 aliphatic rings. The highest BCUT2D eigenvalue weighted by atomic mass is 32.2. The van der Waals surface area contributed by atoms with Crippen molar-refractivity contribution in [2.45, 2.75) is 43.9 Å². The molecule has 0 amide bonds. The fraction of sp³-hybridized carbons (Fsp3) is 0.538. The molecule has 0 heterocycles. The Labute approximate surface area is 102 Å². The fourth-order valence-electron chi connectivity index (χ4n) is 1.33. The number of rotatable bonds is 4. The zero-order valence-electron chi connectivity index (χ0n) is 10.3. The van der Waals surface area contributed by atoms with Crippen LogP contribution >= 0.6 is 11.8 Å². The summed E-state index contributed by atoms with van der Waals surface area (Å²) in [6.45, 7) is 8.29. The molecule has 1 aromatic carbocycles. The first-order chi connectivity index (χ1) is 7.43. The van der Waals surface area contributed by atoms with E-state index in [4.69, 9.17) is 5.73 Å². The van der Waals surface area contributed by atoms with Crippen LogP contribution in [0.25, 0.3) is 0 Å². The van der Waals surface area contributed by atoms with E-state index >= 15 is 0 Å². The maximum absolute atomic E-state index is 13.8. The smallest absolute Gasteiger partial charge is 0.137 e. The highest BCUT2D eigenvalue weighted by Crippen LogP contribution is 2.34. The first kappa shape index (κ1) is 13.5. The second-order valence-electron chi connectivity index (χ2n) is 4.51. The Hall–Kier alpha value is -0.540. The monoisotopic (exact) mass is 241 g/mol. The zero-order valence-corrected chi connectivity index (χ0v) is 11.1. The van der Waals surface area contributed by atoms with E-state index in [-0.39, 0.29) is 11.9 Å². The molecule has 2 atom stereocenters. The van der Waals surface area contributed by atoms with Crippen molar-refractivity contribution in [1.29, 1.82) is 0 Å². The lowest BCUT2D eigenvalue weighted by atomic mass is 10.1. The number of nitrogens with two attached hydrogens (primary N) is 1. The predicted octanol–water partition coefficient (Wildman–Crippen LogP) is 3.98. The van der Waals surface area contributed by atoms with E-state index in [9.17, 15) is 4.39 Å². The lowest BCUT2D eigenvalue weighted by Crippen LogP contribution is -2.11. The third kappa shape index (κ3) is 3.22. The molecule has 1 rings (SSSR count). The van der Waals surface area contributed by atoms with E-state index in [1.807, 2.05) is 13.0 Å². The molecule has 1 aromatic rings. The minimum atomic E-state index is -0.160. The van der Waals surface area contributed by atoms with Gasteiger partial charge in [0.25, 0.3) is 0 Å². The van der Waals surface area contributed by atoms with Gasteiger partial charge >= 0.3 is 0 Å². The summed E-state index contributed by atoms with van der Waals surface area (Å²) >= 11 is 1.58. The molecule has 90 valence electrons. The molecule has 1 nitrogen and oxygen atoms in total. The summed E-state index contributed by atoms with van der Waals surface area (Å²) in [6, 6.07) is 5.00. The van der Waals surface area contributed by atoms with E-state index < -0.39 is 0 Å². The van der Waals surface area contributed by atoms with Crippen LogP contribution in [-0.2, 0) is 0 Å². The minimum absolute atomic E-state index is 0.127. The van der Waals surface area contributed by atoms with E-state index in [1.54, 1.807) is 17.8 Å². The minimum Gasteiger partial charge on any atom is -0.324 e. The number of benzene rings is 1. The van der Waals surface area contributed by atoms with Gasteiger partial charge in [-0.3, -0.25) is 0 Å². The van der Waals surface area contributed by atoms with Gasteiger partial charge in [0.1, 0.15) is 5.82 Å². The van der Waals surface area contributed by atoms with Crippen molar-refractivity contribution < 1.29 is 4.39 Å². The summed E-state index contributed by atoms with van der Waals surface area (Å²) in [4.78, 5) is 0.707. The number of thioether (sulfide) groups is 1. The average Bonchev–Trinajstić information content (AvgIpc) is 2.20. The largest absolute Gasteiger partial charge is 0.324 e. The Bertz CT molecular complexity index is 350. The molecule has 3 heteroatoms. The van der Waals surface area contributed by atoms with E-state index in [1.165, 1.54) is 6.07 Å². The van der Waals surface area contributed by atoms with Crippen molar-refractivity contribution >= 4 is 11.8 Å². The summed E-state index contributed by atoms with van der Waals surface area (Å²) in [5, 5.41) is 0.384. The Morgan fingerprint density at radius 1 is 1.19 bits per heavy atom. The van der Waals surface area contributed by atoms with Crippen LogP contribution in [0.1, 0.15) is 39.3 Å². The van der Waals surface area contributed by atoms with E-state index in [0.717, 1.165) is 5.56 Å². The summed E-state index contributed by atoms with van der Waals surface area (Å²) in [5.74, 6) is 0.359. The van der Waals surface area contributed by atoms with Gasteiger partial charge in [-0.2, -0.15) is 0 Å². The average molecular weight is 241 g/mol. The second-order valence-corrected chi connectivity index (χ2v) is 5.90. The summed E-state index contributed by atoms with van der Waals surface area (Å²) < 4.78 is 13.8. The molecule has 0 aromatic heterocycles. The Morgan fingerprint density at radius 3 is 2.31 bits per heavy atom. The lowest BCUT2D eigenvalue weighted by Gasteiger charge is -2.19. The van der Waals surface area contributed by atoms with Crippen LogP contribution in [0.15, 0.2) is 23.1 Å². The summed E-state index contributed by atoms with van der Waals surface area (Å²) in [7, 11) is 0. The van der Waals surface area contributed by atoms with Crippen LogP contribution in [-0.4, -0.2) is 5.25 Å². The molecule has 0 saturated heterocycles. The molecule has 0 aliphatic carbocycles. The third-order valence-electron chi connectivity index (χ3n) is 2.73. The van der Waals surface area contributed by atoms with Gasteiger partial charge in [-0.15, -0.1) is 11.8 Å². The molecule has 0 aliphatic heterocycles. The molecular formula is C13H20FNS. The number of hydrogen-bond donors (Lipinski definition) is 1. The second kappa shape index (κ2) is 5.69. The quantitative estimate of drug-likeness (QED) is 0.807. The zero-order chi connectivity index (χ0) is 12.3. The molecular weight excluding hydrogens is 221 g/mol. The SMILES string of the molecule is CC(C)C(C)Sc1c(F)cccc1[C@@H](C)N.